The number of benzene rings is 1. The molecule has 0 N–H and O–H groups in total. The fourth-order valence-corrected chi connectivity index (χ4v) is 1.60. The molecule has 15 heavy (non-hydrogen) atoms. The molecule has 0 saturated heterocycles. The number of aromatic nitrogens is 1. The molecule has 0 unspecified atom stereocenters. The van der Waals surface area contributed by atoms with Gasteiger partial charge in [0.25, 0.3) is 0 Å². The molecule has 0 amide bonds. The molecule has 0 saturated carbocycles. The summed E-state index contributed by atoms with van der Waals surface area (Å²) in [4.78, 5) is 0. The minimum absolute atomic E-state index is 0.606. The summed E-state index contributed by atoms with van der Waals surface area (Å²) in [6, 6.07) is 11.5. The number of halogens is 1. The number of hydrogen-bond donors (Lipinski definition) is 0. The Labute approximate surface area is 93.3 Å². The summed E-state index contributed by atoms with van der Waals surface area (Å²) in [5.74, 6) is 0. The van der Waals surface area contributed by atoms with Crippen LogP contribution in [0.1, 0.15) is 11.3 Å². The normalized spacial score (nSPS) is 9.93. The van der Waals surface area contributed by atoms with E-state index < -0.39 is 0 Å². The molecular weight excluding hydrogens is 208 g/mol. The van der Waals surface area contributed by atoms with E-state index in [0.29, 0.717) is 10.7 Å². The summed E-state index contributed by atoms with van der Waals surface area (Å²) in [5.41, 5.74) is 2.55. The lowest BCUT2D eigenvalue weighted by atomic mass is 10.2. The molecule has 0 aliphatic rings. The Hall–Kier alpha value is -1.72. The van der Waals surface area contributed by atoms with Crippen LogP contribution in [0.25, 0.3) is 5.69 Å². The lowest BCUT2D eigenvalue weighted by Gasteiger charge is -2.06. The van der Waals surface area contributed by atoms with Gasteiger partial charge in [-0.05, 0) is 36.8 Å². The first-order valence-electron chi connectivity index (χ1n) is 4.56. The third kappa shape index (κ3) is 1.74. The zero-order valence-electron chi connectivity index (χ0n) is 8.24. The molecule has 1 aromatic carbocycles. The Bertz CT molecular complexity index is 535. The third-order valence-corrected chi connectivity index (χ3v) is 2.70. The van der Waals surface area contributed by atoms with Gasteiger partial charge in [0.1, 0.15) is 11.8 Å². The van der Waals surface area contributed by atoms with Crippen molar-refractivity contribution in [3.8, 4) is 11.8 Å². The zero-order valence-corrected chi connectivity index (χ0v) is 8.99. The molecule has 1 heterocycles. The second-order valence-electron chi connectivity index (χ2n) is 3.31. The third-order valence-electron chi connectivity index (χ3n) is 2.30. The molecule has 0 aliphatic heterocycles. The number of rotatable bonds is 1. The molecule has 3 heteroatoms. The predicted octanol–water partition coefficient (Wildman–Crippen LogP) is 3.31. The lowest BCUT2D eigenvalue weighted by molar-refractivity contribution is 1.05. The Kier molecular flexibility index (Phi) is 2.49. The van der Waals surface area contributed by atoms with Crippen molar-refractivity contribution in [1.29, 1.82) is 5.26 Å². The molecule has 74 valence electrons. The van der Waals surface area contributed by atoms with Crippen LogP contribution in [0.5, 0.6) is 0 Å². The molecule has 0 radical (unpaired) electrons. The highest BCUT2D eigenvalue weighted by molar-refractivity contribution is 6.31. The minimum atomic E-state index is 0.606. The molecule has 2 aromatic rings. The van der Waals surface area contributed by atoms with Crippen LogP contribution in [0.4, 0.5) is 0 Å². The van der Waals surface area contributed by atoms with Crippen molar-refractivity contribution in [2.24, 2.45) is 0 Å². The van der Waals surface area contributed by atoms with Gasteiger partial charge in [0.2, 0.25) is 0 Å². The summed E-state index contributed by atoms with van der Waals surface area (Å²) < 4.78 is 1.81. The average Bonchev–Trinajstić information content (AvgIpc) is 2.70. The second kappa shape index (κ2) is 3.80. The van der Waals surface area contributed by atoms with Crippen LogP contribution in [-0.2, 0) is 0 Å². The smallest absolute Gasteiger partial charge is 0.124 e. The van der Waals surface area contributed by atoms with Crippen LogP contribution in [-0.4, -0.2) is 4.57 Å². The van der Waals surface area contributed by atoms with Gasteiger partial charge in [0.05, 0.1) is 0 Å². The van der Waals surface area contributed by atoms with Gasteiger partial charge in [0.15, 0.2) is 0 Å². The van der Waals surface area contributed by atoms with Crippen LogP contribution in [0.2, 0.25) is 5.02 Å². The van der Waals surface area contributed by atoms with E-state index in [9.17, 15) is 0 Å². The summed E-state index contributed by atoms with van der Waals surface area (Å²) in [6.07, 6.45) is 1.85. The lowest BCUT2D eigenvalue weighted by Crippen LogP contribution is -1.95. The van der Waals surface area contributed by atoms with Gasteiger partial charge in [0, 0.05) is 16.9 Å². The zero-order chi connectivity index (χ0) is 10.8. The maximum absolute atomic E-state index is 8.89. The van der Waals surface area contributed by atoms with E-state index in [-0.39, 0.29) is 0 Å². The van der Waals surface area contributed by atoms with E-state index in [1.54, 1.807) is 6.07 Å². The van der Waals surface area contributed by atoms with Gasteiger partial charge in [-0.2, -0.15) is 5.26 Å². The SMILES string of the molecule is Cc1ccc(-n2cccc2C#N)cc1Cl. The van der Waals surface area contributed by atoms with E-state index in [4.69, 9.17) is 16.9 Å². The largest absolute Gasteiger partial charge is 0.308 e. The van der Waals surface area contributed by atoms with Crippen molar-refractivity contribution < 1.29 is 0 Å². The highest BCUT2D eigenvalue weighted by Gasteiger charge is 2.03. The van der Waals surface area contributed by atoms with Crippen LogP contribution >= 0.6 is 11.6 Å². The van der Waals surface area contributed by atoms with Crippen molar-refractivity contribution in [2.75, 3.05) is 0 Å². The van der Waals surface area contributed by atoms with Crippen molar-refractivity contribution in [2.45, 2.75) is 6.92 Å². The van der Waals surface area contributed by atoms with E-state index in [0.717, 1.165) is 11.3 Å². The van der Waals surface area contributed by atoms with E-state index in [2.05, 4.69) is 6.07 Å². The van der Waals surface area contributed by atoms with Crippen molar-refractivity contribution in [1.82, 2.24) is 4.57 Å². The second-order valence-corrected chi connectivity index (χ2v) is 3.72. The van der Waals surface area contributed by atoms with E-state index >= 15 is 0 Å². The van der Waals surface area contributed by atoms with Crippen molar-refractivity contribution in [3.05, 3.63) is 52.8 Å². The van der Waals surface area contributed by atoms with E-state index in [1.807, 2.05) is 42.0 Å². The van der Waals surface area contributed by atoms with Gasteiger partial charge in [-0.25, -0.2) is 0 Å². The van der Waals surface area contributed by atoms with Gasteiger partial charge >= 0.3 is 0 Å². The standard InChI is InChI=1S/C12H9ClN2/c1-9-4-5-10(7-12(9)13)15-6-2-3-11(15)8-14/h2-7H,1H3. The number of hydrogen-bond acceptors (Lipinski definition) is 1. The van der Waals surface area contributed by atoms with Crippen molar-refractivity contribution in [3.63, 3.8) is 0 Å². The first-order valence-corrected chi connectivity index (χ1v) is 4.94. The molecular formula is C12H9ClN2. The minimum Gasteiger partial charge on any atom is -0.308 e. The Morgan fingerprint density at radius 1 is 1.33 bits per heavy atom. The number of aryl methyl sites for hydroxylation is 1. The predicted molar refractivity (Wildman–Crippen MR) is 60.2 cm³/mol. The Morgan fingerprint density at radius 2 is 2.13 bits per heavy atom. The monoisotopic (exact) mass is 216 g/mol. The molecule has 0 atom stereocenters. The highest BCUT2D eigenvalue weighted by atomic mass is 35.5. The van der Waals surface area contributed by atoms with Gasteiger partial charge < -0.3 is 4.57 Å². The molecule has 0 spiro atoms. The summed E-state index contributed by atoms with van der Waals surface area (Å²) in [5, 5.41) is 9.60. The maximum Gasteiger partial charge on any atom is 0.124 e. The number of nitrogens with zero attached hydrogens (tertiary/aromatic N) is 2. The summed E-state index contributed by atoms with van der Waals surface area (Å²) in [6.45, 7) is 1.95. The molecule has 2 rings (SSSR count). The van der Waals surface area contributed by atoms with Gasteiger partial charge in [-0.1, -0.05) is 17.7 Å². The molecule has 1 aromatic heterocycles. The first-order chi connectivity index (χ1) is 7.22. The maximum atomic E-state index is 8.89. The summed E-state index contributed by atoms with van der Waals surface area (Å²) >= 11 is 6.03. The molecule has 0 bridgehead atoms. The molecule has 0 aliphatic carbocycles. The molecule has 2 nitrogen and oxygen atoms in total. The van der Waals surface area contributed by atoms with Crippen LogP contribution < -0.4 is 0 Å². The van der Waals surface area contributed by atoms with Crippen LogP contribution in [0.3, 0.4) is 0 Å². The fourth-order valence-electron chi connectivity index (χ4n) is 1.43. The first kappa shape index (κ1) is 9.82. The van der Waals surface area contributed by atoms with Crippen LogP contribution in [0.15, 0.2) is 36.5 Å². The quantitative estimate of drug-likeness (QED) is 0.719. The average molecular weight is 217 g/mol. The Balaban J connectivity index is 2.56. The number of nitriles is 1. The summed E-state index contributed by atoms with van der Waals surface area (Å²) in [7, 11) is 0. The fraction of sp³-hybridized carbons (Fsp3) is 0.0833. The topological polar surface area (TPSA) is 28.7 Å². The van der Waals surface area contributed by atoms with Gasteiger partial charge in [-0.15, -0.1) is 0 Å². The van der Waals surface area contributed by atoms with Crippen LogP contribution in [0, 0.1) is 18.3 Å². The highest BCUT2D eigenvalue weighted by Crippen LogP contribution is 2.20. The Morgan fingerprint density at radius 3 is 2.80 bits per heavy atom. The molecule has 0 fully saturated rings. The van der Waals surface area contributed by atoms with Crippen molar-refractivity contribution >= 4 is 11.6 Å². The van der Waals surface area contributed by atoms with Gasteiger partial charge in [-0.3, -0.25) is 0 Å². The van der Waals surface area contributed by atoms with E-state index in [1.165, 1.54) is 0 Å².